The SMILES string of the molecule is CCCCCC(C)N(c1ccccc1)c1ccc(C)cc1C. The standard InChI is InChI=1S/C21H29N/c1-5-6-8-11-19(4)22(20-12-9-7-10-13-20)21-15-14-17(2)16-18(21)3/h7,9-10,12-16,19H,5-6,8,11H2,1-4H3. The van der Waals surface area contributed by atoms with Crippen LogP contribution in [0, 0.1) is 13.8 Å². The molecule has 118 valence electrons. The van der Waals surface area contributed by atoms with Crippen molar-refractivity contribution in [3.8, 4) is 0 Å². The number of benzene rings is 2. The molecule has 1 atom stereocenters. The average Bonchev–Trinajstić information content (AvgIpc) is 2.51. The van der Waals surface area contributed by atoms with E-state index < -0.39 is 0 Å². The summed E-state index contributed by atoms with van der Waals surface area (Å²) in [6.07, 6.45) is 5.13. The fourth-order valence-corrected chi connectivity index (χ4v) is 3.11. The van der Waals surface area contributed by atoms with Gasteiger partial charge < -0.3 is 4.90 Å². The van der Waals surface area contributed by atoms with Crippen LogP contribution in [0.15, 0.2) is 48.5 Å². The second-order valence-corrected chi connectivity index (χ2v) is 6.34. The molecule has 0 aromatic heterocycles. The number of aryl methyl sites for hydroxylation is 2. The highest BCUT2D eigenvalue weighted by Gasteiger charge is 2.18. The minimum Gasteiger partial charge on any atom is -0.338 e. The first-order chi connectivity index (χ1) is 10.6. The van der Waals surface area contributed by atoms with Gasteiger partial charge in [0, 0.05) is 17.4 Å². The zero-order valence-electron chi connectivity index (χ0n) is 14.5. The molecule has 1 heteroatoms. The fourth-order valence-electron chi connectivity index (χ4n) is 3.11. The van der Waals surface area contributed by atoms with Gasteiger partial charge in [0.2, 0.25) is 0 Å². The van der Waals surface area contributed by atoms with Crippen LogP contribution < -0.4 is 4.90 Å². The van der Waals surface area contributed by atoms with E-state index in [4.69, 9.17) is 0 Å². The molecule has 0 saturated heterocycles. The summed E-state index contributed by atoms with van der Waals surface area (Å²) >= 11 is 0. The second-order valence-electron chi connectivity index (χ2n) is 6.34. The van der Waals surface area contributed by atoms with Gasteiger partial charge in [0.1, 0.15) is 0 Å². The minimum atomic E-state index is 0.510. The topological polar surface area (TPSA) is 3.24 Å². The van der Waals surface area contributed by atoms with Gasteiger partial charge in [-0.15, -0.1) is 0 Å². The van der Waals surface area contributed by atoms with Crippen LogP contribution in [0.2, 0.25) is 0 Å². The lowest BCUT2D eigenvalue weighted by atomic mass is 10.0. The molecule has 0 heterocycles. The number of hydrogen-bond donors (Lipinski definition) is 0. The number of nitrogens with zero attached hydrogens (tertiary/aromatic N) is 1. The average molecular weight is 295 g/mol. The Labute approximate surface area is 136 Å². The Morgan fingerprint density at radius 1 is 0.955 bits per heavy atom. The van der Waals surface area contributed by atoms with E-state index in [9.17, 15) is 0 Å². The third kappa shape index (κ3) is 4.13. The monoisotopic (exact) mass is 295 g/mol. The van der Waals surface area contributed by atoms with Crippen LogP contribution >= 0.6 is 0 Å². The lowest BCUT2D eigenvalue weighted by Crippen LogP contribution is -2.29. The molecule has 0 amide bonds. The molecular formula is C21H29N. The summed E-state index contributed by atoms with van der Waals surface area (Å²) in [7, 11) is 0. The molecule has 0 fully saturated rings. The van der Waals surface area contributed by atoms with E-state index in [1.807, 2.05) is 0 Å². The van der Waals surface area contributed by atoms with E-state index in [2.05, 4.69) is 81.1 Å². The van der Waals surface area contributed by atoms with Crippen LogP contribution in [0.1, 0.15) is 50.7 Å². The first-order valence-electron chi connectivity index (χ1n) is 8.55. The van der Waals surface area contributed by atoms with Crippen molar-refractivity contribution in [2.75, 3.05) is 4.90 Å². The number of para-hydroxylation sites is 1. The van der Waals surface area contributed by atoms with Crippen LogP contribution in [0.5, 0.6) is 0 Å². The van der Waals surface area contributed by atoms with Gasteiger partial charge in [0.15, 0.2) is 0 Å². The molecule has 0 bridgehead atoms. The molecule has 0 aliphatic heterocycles. The van der Waals surface area contributed by atoms with E-state index in [1.165, 1.54) is 48.2 Å². The summed E-state index contributed by atoms with van der Waals surface area (Å²) in [6, 6.07) is 18.1. The normalized spacial score (nSPS) is 12.2. The molecule has 0 radical (unpaired) electrons. The third-order valence-electron chi connectivity index (χ3n) is 4.31. The highest BCUT2D eigenvalue weighted by molar-refractivity contribution is 5.67. The fraction of sp³-hybridized carbons (Fsp3) is 0.429. The molecule has 22 heavy (non-hydrogen) atoms. The maximum Gasteiger partial charge on any atom is 0.0443 e. The highest BCUT2D eigenvalue weighted by atomic mass is 15.2. The van der Waals surface area contributed by atoms with Crippen molar-refractivity contribution in [3.63, 3.8) is 0 Å². The number of rotatable bonds is 7. The van der Waals surface area contributed by atoms with Crippen LogP contribution in [0.25, 0.3) is 0 Å². The maximum absolute atomic E-state index is 2.50. The first kappa shape index (κ1) is 16.6. The molecule has 0 aliphatic rings. The van der Waals surface area contributed by atoms with E-state index in [0.717, 1.165) is 0 Å². The maximum atomic E-state index is 2.50. The molecule has 0 aliphatic carbocycles. The van der Waals surface area contributed by atoms with E-state index in [-0.39, 0.29) is 0 Å². The van der Waals surface area contributed by atoms with Gasteiger partial charge in [-0.3, -0.25) is 0 Å². The van der Waals surface area contributed by atoms with Crippen LogP contribution in [0.3, 0.4) is 0 Å². The van der Waals surface area contributed by atoms with Crippen molar-refractivity contribution < 1.29 is 0 Å². The van der Waals surface area contributed by atoms with Crippen LogP contribution in [0.4, 0.5) is 11.4 Å². The Bertz CT molecular complexity index is 574. The minimum absolute atomic E-state index is 0.510. The van der Waals surface area contributed by atoms with Gasteiger partial charge in [-0.05, 0) is 51.0 Å². The van der Waals surface area contributed by atoms with E-state index in [0.29, 0.717) is 6.04 Å². The van der Waals surface area contributed by atoms with Gasteiger partial charge in [-0.25, -0.2) is 0 Å². The molecule has 1 nitrogen and oxygen atoms in total. The summed E-state index contributed by atoms with van der Waals surface area (Å²) in [5.41, 5.74) is 5.30. The van der Waals surface area contributed by atoms with Crippen molar-refractivity contribution in [2.45, 2.75) is 59.4 Å². The van der Waals surface area contributed by atoms with Gasteiger partial charge >= 0.3 is 0 Å². The largest absolute Gasteiger partial charge is 0.338 e. The molecule has 0 saturated carbocycles. The number of anilines is 2. The predicted molar refractivity (Wildman–Crippen MR) is 98.1 cm³/mol. The van der Waals surface area contributed by atoms with Crippen molar-refractivity contribution in [1.29, 1.82) is 0 Å². The van der Waals surface area contributed by atoms with Gasteiger partial charge in [-0.2, -0.15) is 0 Å². The Balaban J connectivity index is 2.33. The quantitative estimate of drug-likeness (QED) is 0.533. The zero-order chi connectivity index (χ0) is 15.9. The molecule has 0 N–H and O–H groups in total. The number of hydrogen-bond acceptors (Lipinski definition) is 1. The first-order valence-corrected chi connectivity index (χ1v) is 8.55. The van der Waals surface area contributed by atoms with Gasteiger partial charge in [-0.1, -0.05) is 62.1 Å². The Hall–Kier alpha value is -1.76. The van der Waals surface area contributed by atoms with Gasteiger partial charge in [0.05, 0.1) is 0 Å². The summed E-state index contributed by atoms with van der Waals surface area (Å²) in [5.74, 6) is 0. The Morgan fingerprint density at radius 3 is 2.32 bits per heavy atom. The van der Waals surface area contributed by atoms with Crippen molar-refractivity contribution in [2.24, 2.45) is 0 Å². The van der Waals surface area contributed by atoms with Crippen molar-refractivity contribution in [1.82, 2.24) is 0 Å². The summed E-state index contributed by atoms with van der Waals surface area (Å²) < 4.78 is 0. The molecule has 2 rings (SSSR count). The molecule has 1 unspecified atom stereocenters. The van der Waals surface area contributed by atoms with E-state index >= 15 is 0 Å². The van der Waals surface area contributed by atoms with Crippen molar-refractivity contribution >= 4 is 11.4 Å². The Kier molecular flexibility index (Phi) is 6.06. The lowest BCUT2D eigenvalue weighted by molar-refractivity contribution is 0.581. The summed E-state index contributed by atoms with van der Waals surface area (Å²) in [6.45, 7) is 9.00. The van der Waals surface area contributed by atoms with Crippen LogP contribution in [-0.2, 0) is 0 Å². The predicted octanol–water partition coefficient (Wildman–Crippen LogP) is 6.41. The molecule has 2 aromatic rings. The van der Waals surface area contributed by atoms with Crippen LogP contribution in [-0.4, -0.2) is 6.04 Å². The summed E-state index contributed by atoms with van der Waals surface area (Å²) in [5, 5.41) is 0. The molecule has 0 spiro atoms. The van der Waals surface area contributed by atoms with Crippen molar-refractivity contribution in [3.05, 3.63) is 59.7 Å². The molecular weight excluding hydrogens is 266 g/mol. The molecule has 2 aromatic carbocycles. The summed E-state index contributed by atoms with van der Waals surface area (Å²) in [4.78, 5) is 2.50. The second kappa shape index (κ2) is 8.03. The smallest absolute Gasteiger partial charge is 0.0443 e. The Morgan fingerprint density at radius 2 is 1.68 bits per heavy atom. The lowest BCUT2D eigenvalue weighted by Gasteiger charge is -2.33. The highest BCUT2D eigenvalue weighted by Crippen LogP contribution is 2.32. The van der Waals surface area contributed by atoms with E-state index in [1.54, 1.807) is 0 Å². The van der Waals surface area contributed by atoms with Gasteiger partial charge in [0.25, 0.3) is 0 Å². The number of unbranched alkanes of at least 4 members (excludes halogenated alkanes) is 2. The zero-order valence-corrected chi connectivity index (χ0v) is 14.5. The third-order valence-corrected chi connectivity index (χ3v) is 4.31.